The first-order valence-corrected chi connectivity index (χ1v) is 9.91. The Balaban J connectivity index is 1.33. The lowest BCUT2D eigenvalue weighted by atomic mass is 10.1. The minimum atomic E-state index is -0.532. The van der Waals surface area contributed by atoms with Crippen molar-refractivity contribution < 1.29 is 13.6 Å². The fourth-order valence-electron chi connectivity index (χ4n) is 3.76. The van der Waals surface area contributed by atoms with Crippen LogP contribution in [0.2, 0.25) is 0 Å². The number of piperazine rings is 1. The van der Waals surface area contributed by atoms with Crippen LogP contribution in [0.3, 0.4) is 0 Å². The molecule has 0 atom stereocenters. The maximum atomic E-state index is 14.1. The number of carbonyl (C=O) groups excluding carboxylic acids is 1. The number of aromatic amines is 2. The number of anilines is 2. The van der Waals surface area contributed by atoms with Gasteiger partial charge in [0.25, 0.3) is 0 Å². The van der Waals surface area contributed by atoms with E-state index in [9.17, 15) is 18.4 Å². The van der Waals surface area contributed by atoms with Crippen molar-refractivity contribution in [2.75, 3.05) is 42.9 Å². The van der Waals surface area contributed by atoms with E-state index in [4.69, 9.17) is 0 Å². The largest absolute Gasteiger partial charge is 0.376 e. The zero-order chi connectivity index (χ0) is 21.3. The van der Waals surface area contributed by atoms with Crippen molar-refractivity contribution in [3.05, 3.63) is 58.0 Å². The predicted molar refractivity (Wildman–Crippen MR) is 112 cm³/mol. The lowest BCUT2D eigenvalue weighted by molar-refractivity contribution is -0.129. The number of hydrogen-bond acceptors (Lipinski definition) is 4. The zero-order valence-corrected chi connectivity index (χ0v) is 16.6. The molecule has 1 aromatic heterocycles. The summed E-state index contributed by atoms with van der Waals surface area (Å²) in [7, 11) is 0. The quantitative estimate of drug-likeness (QED) is 0.598. The number of H-pyrrole nitrogens is 2. The van der Waals surface area contributed by atoms with Crippen molar-refractivity contribution in [2.45, 2.75) is 13.3 Å². The third kappa shape index (κ3) is 4.00. The van der Waals surface area contributed by atoms with E-state index in [2.05, 4.69) is 15.3 Å². The number of halogens is 2. The summed E-state index contributed by atoms with van der Waals surface area (Å²) in [5.74, 6) is -1.12. The molecule has 3 aromatic rings. The number of carbonyl (C=O) groups is 1. The van der Waals surface area contributed by atoms with Crippen LogP contribution < -0.4 is 15.9 Å². The minimum Gasteiger partial charge on any atom is -0.376 e. The van der Waals surface area contributed by atoms with Crippen LogP contribution in [0.1, 0.15) is 12.5 Å². The topological polar surface area (TPSA) is 84.2 Å². The van der Waals surface area contributed by atoms with E-state index in [1.807, 2.05) is 4.90 Å². The Labute approximate surface area is 171 Å². The van der Waals surface area contributed by atoms with E-state index < -0.39 is 11.6 Å². The Hall–Kier alpha value is -3.36. The smallest absolute Gasteiger partial charge is 0.323 e. The number of rotatable bonds is 5. The molecule has 0 aliphatic carbocycles. The Morgan fingerprint density at radius 1 is 1.03 bits per heavy atom. The summed E-state index contributed by atoms with van der Waals surface area (Å²) < 4.78 is 28.1. The van der Waals surface area contributed by atoms with E-state index in [1.54, 1.807) is 30.0 Å². The minimum absolute atomic E-state index is 0.0593. The highest BCUT2D eigenvalue weighted by Crippen LogP contribution is 2.23. The summed E-state index contributed by atoms with van der Waals surface area (Å²) in [5, 5.41) is 3.07. The highest BCUT2D eigenvalue weighted by Gasteiger charge is 2.22. The molecule has 4 rings (SSSR count). The van der Waals surface area contributed by atoms with Gasteiger partial charge < -0.3 is 25.1 Å². The summed E-state index contributed by atoms with van der Waals surface area (Å²) in [6.07, 6.45) is 0.306. The number of fused-ring (bicyclic) bond motifs is 1. The van der Waals surface area contributed by atoms with Crippen LogP contribution in [0, 0.1) is 11.6 Å². The van der Waals surface area contributed by atoms with Gasteiger partial charge in [0.1, 0.15) is 11.6 Å². The molecule has 2 aromatic carbocycles. The fourth-order valence-corrected chi connectivity index (χ4v) is 3.76. The number of benzene rings is 2. The summed E-state index contributed by atoms with van der Waals surface area (Å²) in [6, 6.07) is 8.05. The standard InChI is InChI=1S/C21H23F2N5O2/c1-2-15-16(22)10-14(11-17(15)23)27-5-7-28(8-6-27)20(29)12-24-13-3-4-18-19(9-13)26-21(30)25-18/h3-4,9-11,24H,2,5-8,12H2,1H3,(H2,25,26,30). The highest BCUT2D eigenvalue weighted by molar-refractivity contribution is 5.83. The van der Waals surface area contributed by atoms with Crippen molar-refractivity contribution in [3.63, 3.8) is 0 Å². The van der Waals surface area contributed by atoms with Crippen LogP contribution in [0.15, 0.2) is 35.1 Å². The normalized spacial score (nSPS) is 14.4. The maximum Gasteiger partial charge on any atom is 0.323 e. The van der Waals surface area contributed by atoms with Crippen LogP contribution in [0.4, 0.5) is 20.2 Å². The van der Waals surface area contributed by atoms with Crippen LogP contribution in [-0.2, 0) is 11.2 Å². The molecule has 0 radical (unpaired) electrons. The van der Waals surface area contributed by atoms with Crippen molar-refractivity contribution in [2.24, 2.45) is 0 Å². The van der Waals surface area contributed by atoms with E-state index in [-0.39, 0.29) is 23.7 Å². The maximum absolute atomic E-state index is 14.1. The van der Waals surface area contributed by atoms with Gasteiger partial charge >= 0.3 is 5.69 Å². The molecule has 2 heterocycles. The van der Waals surface area contributed by atoms with Gasteiger partial charge in [0, 0.05) is 43.1 Å². The molecule has 1 amide bonds. The molecule has 1 aliphatic rings. The molecule has 0 spiro atoms. The SMILES string of the molecule is CCc1c(F)cc(N2CCN(C(=O)CNc3ccc4[nH]c(=O)[nH]c4c3)CC2)cc1F. The molecule has 0 bridgehead atoms. The van der Waals surface area contributed by atoms with Crippen molar-refractivity contribution in [1.29, 1.82) is 0 Å². The monoisotopic (exact) mass is 415 g/mol. The molecular weight excluding hydrogens is 392 g/mol. The lowest BCUT2D eigenvalue weighted by Gasteiger charge is -2.36. The number of imidazole rings is 1. The van der Waals surface area contributed by atoms with Gasteiger partial charge in [-0.1, -0.05) is 6.92 Å². The summed E-state index contributed by atoms with van der Waals surface area (Å²) >= 11 is 0. The van der Waals surface area contributed by atoms with Crippen molar-refractivity contribution in [1.82, 2.24) is 14.9 Å². The summed E-state index contributed by atoms with van der Waals surface area (Å²) in [5.41, 5.74) is 2.42. The first kappa shape index (κ1) is 19.9. The van der Waals surface area contributed by atoms with Gasteiger partial charge in [-0.2, -0.15) is 0 Å². The van der Waals surface area contributed by atoms with E-state index in [0.29, 0.717) is 49.3 Å². The number of aromatic nitrogens is 2. The predicted octanol–water partition coefficient (Wildman–Crippen LogP) is 2.46. The molecule has 158 valence electrons. The van der Waals surface area contributed by atoms with Crippen molar-refractivity contribution in [3.8, 4) is 0 Å². The molecule has 1 saturated heterocycles. The zero-order valence-electron chi connectivity index (χ0n) is 16.6. The number of nitrogens with zero attached hydrogens (tertiary/aromatic N) is 2. The summed E-state index contributed by atoms with van der Waals surface area (Å²) in [4.78, 5) is 32.8. The second-order valence-corrected chi connectivity index (χ2v) is 7.30. The second kappa shape index (κ2) is 8.17. The van der Waals surface area contributed by atoms with Gasteiger partial charge in [-0.15, -0.1) is 0 Å². The van der Waals surface area contributed by atoms with E-state index in [1.165, 1.54) is 12.1 Å². The first-order chi connectivity index (χ1) is 14.4. The number of nitrogens with one attached hydrogen (secondary N) is 3. The van der Waals surface area contributed by atoms with Crippen LogP contribution in [0.5, 0.6) is 0 Å². The number of amides is 1. The highest BCUT2D eigenvalue weighted by atomic mass is 19.1. The molecule has 0 saturated carbocycles. The molecule has 7 nitrogen and oxygen atoms in total. The second-order valence-electron chi connectivity index (χ2n) is 7.30. The molecule has 0 unspecified atom stereocenters. The van der Waals surface area contributed by atoms with Crippen molar-refractivity contribution >= 4 is 28.3 Å². The Bertz CT molecular complexity index is 1110. The van der Waals surface area contributed by atoms with Crippen LogP contribution in [-0.4, -0.2) is 53.5 Å². The first-order valence-electron chi connectivity index (χ1n) is 9.91. The molecular formula is C21H23F2N5O2. The summed E-state index contributed by atoms with van der Waals surface area (Å²) in [6.45, 7) is 3.80. The Morgan fingerprint density at radius 2 is 1.70 bits per heavy atom. The van der Waals surface area contributed by atoms with Gasteiger partial charge in [0.05, 0.1) is 17.6 Å². The third-order valence-corrected chi connectivity index (χ3v) is 5.44. The van der Waals surface area contributed by atoms with E-state index >= 15 is 0 Å². The van der Waals surface area contributed by atoms with Crippen LogP contribution in [0.25, 0.3) is 11.0 Å². The van der Waals surface area contributed by atoms with Gasteiger partial charge in [-0.3, -0.25) is 4.79 Å². The average Bonchev–Trinajstić information content (AvgIpc) is 3.11. The third-order valence-electron chi connectivity index (χ3n) is 5.44. The van der Waals surface area contributed by atoms with Gasteiger partial charge in [0.2, 0.25) is 5.91 Å². The van der Waals surface area contributed by atoms with E-state index in [0.717, 1.165) is 5.69 Å². The molecule has 1 aliphatic heterocycles. The molecule has 9 heteroatoms. The Kier molecular flexibility index (Phi) is 5.43. The van der Waals surface area contributed by atoms with Gasteiger partial charge in [-0.25, -0.2) is 13.6 Å². The molecule has 30 heavy (non-hydrogen) atoms. The van der Waals surface area contributed by atoms with Gasteiger partial charge in [0.15, 0.2) is 0 Å². The Morgan fingerprint density at radius 3 is 2.37 bits per heavy atom. The molecule has 3 N–H and O–H groups in total. The average molecular weight is 415 g/mol. The molecule has 1 fully saturated rings. The number of hydrogen-bond donors (Lipinski definition) is 3. The van der Waals surface area contributed by atoms with Gasteiger partial charge in [-0.05, 0) is 36.8 Å². The van der Waals surface area contributed by atoms with Crippen LogP contribution >= 0.6 is 0 Å². The fraction of sp³-hybridized carbons (Fsp3) is 0.333. The lowest BCUT2D eigenvalue weighted by Crippen LogP contribution is -2.50.